The predicted molar refractivity (Wildman–Crippen MR) is 55.7 cm³/mol. The average Bonchev–Trinajstić information content (AvgIpc) is 2.25. The van der Waals surface area contributed by atoms with E-state index in [9.17, 15) is 14.7 Å². The molecule has 0 spiro atoms. The smallest absolute Gasteiger partial charge is 0.255 e. The Morgan fingerprint density at radius 1 is 1.40 bits per heavy atom. The van der Waals surface area contributed by atoms with E-state index in [1.54, 1.807) is 18.2 Å². The van der Waals surface area contributed by atoms with Gasteiger partial charge in [-0.1, -0.05) is 12.1 Å². The Labute approximate surface area is 87.9 Å². The largest absolute Gasteiger partial charge is 0.507 e. The van der Waals surface area contributed by atoms with Crippen molar-refractivity contribution in [3.8, 4) is 5.75 Å². The number of carbonyl (C=O) groups is 2. The third-order valence-electron chi connectivity index (χ3n) is 1.93. The summed E-state index contributed by atoms with van der Waals surface area (Å²) in [6.07, 6.45) is 1.86. The molecule has 2 N–H and O–H groups in total. The van der Waals surface area contributed by atoms with Crippen LogP contribution in [0.15, 0.2) is 24.3 Å². The van der Waals surface area contributed by atoms with E-state index in [2.05, 4.69) is 5.32 Å². The van der Waals surface area contributed by atoms with Gasteiger partial charge in [0.2, 0.25) is 0 Å². The lowest BCUT2D eigenvalue weighted by molar-refractivity contribution is -0.107. The molecule has 1 aromatic carbocycles. The number of phenolic OH excluding ortho intramolecular Hbond substituents is 1. The average molecular weight is 207 g/mol. The summed E-state index contributed by atoms with van der Waals surface area (Å²) in [5.41, 5.74) is 0.253. The summed E-state index contributed by atoms with van der Waals surface area (Å²) in [5.74, 6) is -0.357. The maximum absolute atomic E-state index is 11.5. The minimum Gasteiger partial charge on any atom is -0.507 e. The first kappa shape index (κ1) is 11.2. The number of phenols is 1. The molecule has 0 aromatic heterocycles. The lowest BCUT2D eigenvalue weighted by atomic mass is 10.2. The fourth-order valence-corrected chi connectivity index (χ4v) is 1.15. The predicted octanol–water partition coefficient (Wildman–Crippen LogP) is 1.10. The first-order valence-electron chi connectivity index (χ1n) is 4.75. The first-order valence-corrected chi connectivity index (χ1v) is 4.75. The zero-order chi connectivity index (χ0) is 11.1. The summed E-state index contributed by atoms with van der Waals surface area (Å²) >= 11 is 0. The fourth-order valence-electron chi connectivity index (χ4n) is 1.15. The third-order valence-corrected chi connectivity index (χ3v) is 1.93. The Hall–Kier alpha value is -1.84. The number of unbranched alkanes of at least 4 members (excludes halogenated alkanes) is 1. The van der Waals surface area contributed by atoms with E-state index in [-0.39, 0.29) is 17.2 Å². The van der Waals surface area contributed by atoms with Crippen LogP contribution in [0.5, 0.6) is 5.75 Å². The Balaban J connectivity index is 2.47. The van der Waals surface area contributed by atoms with Gasteiger partial charge in [0.25, 0.3) is 5.91 Å². The molecule has 4 nitrogen and oxygen atoms in total. The number of aromatic hydroxyl groups is 1. The van der Waals surface area contributed by atoms with Gasteiger partial charge < -0.3 is 15.2 Å². The van der Waals surface area contributed by atoms with Crippen molar-refractivity contribution in [2.45, 2.75) is 12.8 Å². The lowest BCUT2D eigenvalue weighted by Gasteiger charge is -2.05. The van der Waals surface area contributed by atoms with Crippen LogP contribution in [0.3, 0.4) is 0 Å². The van der Waals surface area contributed by atoms with Crippen LogP contribution < -0.4 is 5.32 Å². The van der Waals surface area contributed by atoms with Gasteiger partial charge in [0.15, 0.2) is 0 Å². The van der Waals surface area contributed by atoms with E-state index in [4.69, 9.17) is 0 Å². The molecule has 0 heterocycles. The van der Waals surface area contributed by atoms with Crippen LogP contribution >= 0.6 is 0 Å². The molecule has 80 valence electrons. The number of benzene rings is 1. The van der Waals surface area contributed by atoms with Gasteiger partial charge in [-0.05, 0) is 18.6 Å². The second-order valence-corrected chi connectivity index (χ2v) is 3.08. The Bertz CT molecular complexity index is 349. The van der Waals surface area contributed by atoms with Crippen molar-refractivity contribution in [1.29, 1.82) is 0 Å². The number of aldehydes is 1. The van der Waals surface area contributed by atoms with Gasteiger partial charge in [0.05, 0.1) is 5.56 Å². The van der Waals surface area contributed by atoms with E-state index in [0.29, 0.717) is 19.4 Å². The van der Waals surface area contributed by atoms with E-state index >= 15 is 0 Å². The van der Waals surface area contributed by atoms with Crippen molar-refractivity contribution in [3.63, 3.8) is 0 Å². The molecule has 15 heavy (non-hydrogen) atoms. The molecule has 0 fully saturated rings. The van der Waals surface area contributed by atoms with Crippen LogP contribution in [0.2, 0.25) is 0 Å². The third kappa shape index (κ3) is 3.42. The van der Waals surface area contributed by atoms with Gasteiger partial charge in [-0.2, -0.15) is 0 Å². The molecule has 0 unspecified atom stereocenters. The molecule has 1 amide bonds. The highest BCUT2D eigenvalue weighted by molar-refractivity contribution is 5.96. The topological polar surface area (TPSA) is 66.4 Å². The Kier molecular flexibility index (Phi) is 4.34. The van der Waals surface area contributed by atoms with Gasteiger partial charge in [-0.3, -0.25) is 4.79 Å². The molecule has 0 bridgehead atoms. The van der Waals surface area contributed by atoms with Crippen molar-refractivity contribution in [2.24, 2.45) is 0 Å². The van der Waals surface area contributed by atoms with Crippen LogP contribution in [-0.4, -0.2) is 23.8 Å². The van der Waals surface area contributed by atoms with Crippen molar-refractivity contribution in [2.75, 3.05) is 6.54 Å². The molecule has 0 aliphatic carbocycles. The summed E-state index contributed by atoms with van der Waals surface area (Å²) in [7, 11) is 0. The van der Waals surface area contributed by atoms with E-state index in [1.165, 1.54) is 6.07 Å². The van der Waals surface area contributed by atoms with Crippen LogP contribution in [0.1, 0.15) is 23.2 Å². The van der Waals surface area contributed by atoms with Gasteiger partial charge in [0, 0.05) is 13.0 Å². The van der Waals surface area contributed by atoms with Crippen LogP contribution in [0.4, 0.5) is 0 Å². The van der Waals surface area contributed by atoms with Gasteiger partial charge in [-0.25, -0.2) is 0 Å². The number of hydrogen-bond acceptors (Lipinski definition) is 3. The minimum absolute atomic E-state index is 0.0367. The van der Waals surface area contributed by atoms with E-state index in [1.807, 2.05) is 0 Å². The zero-order valence-electron chi connectivity index (χ0n) is 8.27. The van der Waals surface area contributed by atoms with Crippen molar-refractivity contribution in [1.82, 2.24) is 5.32 Å². The standard InChI is InChI=1S/C11H13NO3/c13-8-4-3-7-12-11(15)9-5-1-2-6-10(9)14/h1-2,5-6,8,14H,3-4,7H2,(H,12,15). The molecular formula is C11H13NO3. The highest BCUT2D eigenvalue weighted by Crippen LogP contribution is 2.14. The van der Waals surface area contributed by atoms with Gasteiger partial charge >= 0.3 is 0 Å². The molecule has 0 saturated carbocycles. The number of amides is 1. The molecule has 1 rings (SSSR count). The van der Waals surface area contributed by atoms with Crippen LogP contribution in [-0.2, 0) is 4.79 Å². The fraction of sp³-hybridized carbons (Fsp3) is 0.273. The molecule has 0 radical (unpaired) electrons. The first-order chi connectivity index (χ1) is 7.25. The summed E-state index contributed by atoms with van der Waals surface area (Å²) in [6, 6.07) is 6.34. The van der Waals surface area contributed by atoms with Crippen molar-refractivity contribution >= 4 is 12.2 Å². The molecule has 0 aliphatic rings. The number of carbonyl (C=O) groups excluding carboxylic acids is 2. The van der Waals surface area contributed by atoms with E-state index < -0.39 is 0 Å². The molecule has 0 aliphatic heterocycles. The summed E-state index contributed by atoms with van der Waals surface area (Å²) in [5, 5.41) is 12.0. The van der Waals surface area contributed by atoms with Crippen molar-refractivity contribution in [3.05, 3.63) is 29.8 Å². The molecular weight excluding hydrogens is 194 g/mol. The molecule has 0 saturated heterocycles. The van der Waals surface area contributed by atoms with Gasteiger partial charge in [-0.15, -0.1) is 0 Å². The summed E-state index contributed by atoms with van der Waals surface area (Å²) in [6.45, 7) is 0.436. The monoisotopic (exact) mass is 207 g/mol. The molecule has 0 atom stereocenters. The highest BCUT2D eigenvalue weighted by atomic mass is 16.3. The summed E-state index contributed by atoms with van der Waals surface area (Å²) in [4.78, 5) is 21.5. The van der Waals surface area contributed by atoms with Crippen LogP contribution in [0.25, 0.3) is 0 Å². The Morgan fingerprint density at radius 3 is 2.80 bits per heavy atom. The lowest BCUT2D eigenvalue weighted by Crippen LogP contribution is -2.24. The number of nitrogens with one attached hydrogen (secondary N) is 1. The SMILES string of the molecule is O=CCCCNC(=O)c1ccccc1O. The Morgan fingerprint density at radius 2 is 2.13 bits per heavy atom. The second-order valence-electron chi connectivity index (χ2n) is 3.08. The molecule has 4 heteroatoms. The minimum atomic E-state index is -0.320. The number of hydrogen-bond donors (Lipinski definition) is 2. The normalized spacial score (nSPS) is 9.60. The quantitative estimate of drug-likeness (QED) is 0.561. The van der Waals surface area contributed by atoms with Gasteiger partial charge in [0.1, 0.15) is 12.0 Å². The summed E-state index contributed by atoms with van der Waals surface area (Å²) < 4.78 is 0. The molecule has 1 aromatic rings. The number of para-hydroxylation sites is 1. The van der Waals surface area contributed by atoms with E-state index in [0.717, 1.165) is 6.29 Å². The maximum atomic E-state index is 11.5. The van der Waals surface area contributed by atoms with Crippen LogP contribution in [0, 0.1) is 0 Å². The highest BCUT2D eigenvalue weighted by Gasteiger charge is 2.08. The maximum Gasteiger partial charge on any atom is 0.255 e. The zero-order valence-corrected chi connectivity index (χ0v) is 8.27. The second kappa shape index (κ2) is 5.80. The number of rotatable bonds is 5. The van der Waals surface area contributed by atoms with Crippen molar-refractivity contribution < 1.29 is 14.7 Å².